The van der Waals surface area contributed by atoms with E-state index in [0.29, 0.717) is 5.92 Å². The van der Waals surface area contributed by atoms with E-state index in [1.807, 2.05) is 0 Å². The zero-order valence-corrected chi connectivity index (χ0v) is 12.7. The second-order valence-corrected chi connectivity index (χ2v) is 5.34. The largest absolute Gasteiger partial charge is 0.380 e. The van der Waals surface area contributed by atoms with E-state index in [1.54, 1.807) is 0 Å². The summed E-state index contributed by atoms with van der Waals surface area (Å²) in [7, 11) is 0. The molecule has 1 N–H and O–H groups in total. The first kappa shape index (κ1) is 15.8. The third-order valence-corrected chi connectivity index (χ3v) is 3.65. The minimum Gasteiger partial charge on any atom is -0.380 e. The zero-order valence-electron chi connectivity index (χ0n) is 12.7. The van der Waals surface area contributed by atoms with Gasteiger partial charge in [-0.25, -0.2) is 0 Å². The van der Waals surface area contributed by atoms with E-state index in [2.05, 4.69) is 57.7 Å². The molecule has 1 aromatic rings. The van der Waals surface area contributed by atoms with Gasteiger partial charge in [-0.2, -0.15) is 0 Å². The first-order valence-corrected chi connectivity index (χ1v) is 7.35. The molecular formula is C18H26O. The molecule has 1 aromatic carbocycles. The number of benzene rings is 1. The predicted octanol–water partition coefficient (Wildman–Crippen LogP) is 4.23. The molecule has 0 radical (unpaired) electrons. The Hall–Kier alpha value is -1.26. The molecule has 0 fully saturated rings. The fourth-order valence-electron chi connectivity index (χ4n) is 2.19. The van der Waals surface area contributed by atoms with E-state index >= 15 is 0 Å². The number of aliphatic hydroxyl groups excluding tert-OH is 1. The highest BCUT2D eigenvalue weighted by molar-refractivity contribution is 5.43. The van der Waals surface area contributed by atoms with E-state index in [4.69, 9.17) is 0 Å². The van der Waals surface area contributed by atoms with Crippen LogP contribution < -0.4 is 0 Å². The maximum atomic E-state index is 10.2. The Morgan fingerprint density at radius 3 is 2.58 bits per heavy atom. The van der Waals surface area contributed by atoms with Gasteiger partial charge in [0.05, 0.1) is 0 Å². The first-order chi connectivity index (χ1) is 9.08. The van der Waals surface area contributed by atoms with Crippen molar-refractivity contribution in [1.82, 2.24) is 0 Å². The molecule has 104 valence electrons. The normalized spacial score (nSPS) is 13.5. The van der Waals surface area contributed by atoms with Gasteiger partial charge in [0.1, 0.15) is 6.10 Å². The standard InChI is InChI=1S/C18H26O/c1-5-7-8-16(6-2)18(19)12-11-17-13-14(3)9-10-15(17)4/h9-10,13,16,18-19H,5-8H2,1-4H3. The van der Waals surface area contributed by atoms with Crippen molar-refractivity contribution in [1.29, 1.82) is 0 Å². The van der Waals surface area contributed by atoms with Gasteiger partial charge < -0.3 is 5.11 Å². The quantitative estimate of drug-likeness (QED) is 0.784. The monoisotopic (exact) mass is 258 g/mol. The van der Waals surface area contributed by atoms with Crippen LogP contribution in [0.3, 0.4) is 0 Å². The number of hydrogen-bond acceptors (Lipinski definition) is 1. The molecule has 2 unspecified atom stereocenters. The number of aryl methyl sites for hydroxylation is 2. The summed E-state index contributed by atoms with van der Waals surface area (Å²) in [6.45, 7) is 8.44. The van der Waals surface area contributed by atoms with Crippen LogP contribution in [0.1, 0.15) is 56.2 Å². The Morgan fingerprint density at radius 1 is 1.21 bits per heavy atom. The average molecular weight is 258 g/mol. The summed E-state index contributed by atoms with van der Waals surface area (Å²) in [5.41, 5.74) is 3.42. The highest BCUT2D eigenvalue weighted by Crippen LogP contribution is 2.17. The summed E-state index contributed by atoms with van der Waals surface area (Å²) in [5.74, 6) is 6.48. The molecule has 0 heterocycles. The highest BCUT2D eigenvalue weighted by atomic mass is 16.3. The van der Waals surface area contributed by atoms with E-state index in [0.717, 1.165) is 18.4 Å². The minimum absolute atomic E-state index is 0.303. The van der Waals surface area contributed by atoms with Crippen LogP contribution in [-0.2, 0) is 0 Å². The van der Waals surface area contributed by atoms with Crippen LogP contribution in [0.2, 0.25) is 0 Å². The lowest BCUT2D eigenvalue weighted by atomic mass is 9.93. The van der Waals surface area contributed by atoms with Crippen LogP contribution >= 0.6 is 0 Å². The van der Waals surface area contributed by atoms with E-state index < -0.39 is 6.10 Å². The molecule has 0 aromatic heterocycles. The SMILES string of the molecule is CCCCC(CC)C(O)C#Cc1cc(C)ccc1C. The Labute approximate surface area is 118 Å². The minimum atomic E-state index is -0.503. The molecule has 0 amide bonds. The van der Waals surface area contributed by atoms with Crippen molar-refractivity contribution in [2.24, 2.45) is 5.92 Å². The van der Waals surface area contributed by atoms with Crippen LogP contribution in [0.15, 0.2) is 18.2 Å². The van der Waals surface area contributed by atoms with E-state index in [9.17, 15) is 5.11 Å². The third kappa shape index (κ3) is 5.09. The van der Waals surface area contributed by atoms with Gasteiger partial charge in [-0.3, -0.25) is 0 Å². The van der Waals surface area contributed by atoms with Gasteiger partial charge in [-0.1, -0.05) is 50.7 Å². The van der Waals surface area contributed by atoms with Crippen molar-refractivity contribution in [2.45, 2.75) is 59.5 Å². The molecule has 0 saturated carbocycles. The molecular weight excluding hydrogens is 232 g/mol. The second-order valence-electron chi connectivity index (χ2n) is 5.34. The predicted molar refractivity (Wildman–Crippen MR) is 82.1 cm³/mol. The van der Waals surface area contributed by atoms with Gasteiger partial charge in [0.2, 0.25) is 0 Å². The summed E-state index contributed by atoms with van der Waals surface area (Å²) in [4.78, 5) is 0. The van der Waals surface area contributed by atoms with Crippen LogP contribution in [-0.4, -0.2) is 11.2 Å². The molecule has 0 aliphatic rings. The number of aliphatic hydroxyl groups is 1. The van der Waals surface area contributed by atoms with Gasteiger partial charge in [0.25, 0.3) is 0 Å². The Bertz CT molecular complexity index is 450. The molecule has 0 aliphatic carbocycles. The van der Waals surface area contributed by atoms with Gasteiger partial charge in [-0.05, 0) is 49.8 Å². The Morgan fingerprint density at radius 2 is 1.95 bits per heavy atom. The van der Waals surface area contributed by atoms with Crippen LogP contribution in [0.5, 0.6) is 0 Å². The number of unbranched alkanes of at least 4 members (excludes halogenated alkanes) is 1. The maximum Gasteiger partial charge on any atom is 0.117 e. The lowest BCUT2D eigenvalue weighted by Crippen LogP contribution is -2.17. The van der Waals surface area contributed by atoms with Gasteiger partial charge in [0, 0.05) is 5.56 Å². The summed E-state index contributed by atoms with van der Waals surface area (Å²) < 4.78 is 0. The first-order valence-electron chi connectivity index (χ1n) is 7.35. The molecule has 0 spiro atoms. The zero-order chi connectivity index (χ0) is 14.3. The van der Waals surface area contributed by atoms with E-state index in [-0.39, 0.29) is 0 Å². The van der Waals surface area contributed by atoms with E-state index in [1.165, 1.54) is 24.0 Å². The van der Waals surface area contributed by atoms with Gasteiger partial charge >= 0.3 is 0 Å². The average Bonchev–Trinajstić information content (AvgIpc) is 2.40. The lowest BCUT2D eigenvalue weighted by molar-refractivity contribution is 0.150. The molecule has 2 atom stereocenters. The lowest BCUT2D eigenvalue weighted by Gasteiger charge is -2.16. The number of hydrogen-bond donors (Lipinski definition) is 1. The number of rotatable bonds is 5. The van der Waals surface area contributed by atoms with Crippen LogP contribution in [0.25, 0.3) is 0 Å². The molecule has 1 rings (SSSR count). The third-order valence-electron chi connectivity index (χ3n) is 3.65. The smallest absolute Gasteiger partial charge is 0.117 e. The van der Waals surface area contributed by atoms with Crippen molar-refractivity contribution in [3.8, 4) is 11.8 Å². The summed E-state index contributed by atoms with van der Waals surface area (Å²) in [6, 6.07) is 6.26. The molecule has 0 saturated heterocycles. The summed E-state index contributed by atoms with van der Waals surface area (Å²) in [5, 5.41) is 10.2. The van der Waals surface area contributed by atoms with Crippen molar-refractivity contribution in [2.75, 3.05) is 0 Å². The van der Waals surface area contributed by atoms with Gasteiger partial charge in [0.15, 0.2) is 0 Å². The Kier molecular flexibility index (Phi) is 6.67. The molecule has 1 heteroatoms. The van der Waals surface area contributed by atoms with Crippen molar-refractivity contribution >= 4 is 0 Å². The summed E-state index contributed by atoms with van der Waals surface area (Å²) >= 11 is 0. The maximum absolute atomic E-state index is 10.2. The van der Waals surface area contributed by atoms with Crippen LogP contribution in [0, 0.1) is 31.6 Å². The summed E-state index contributed by atoms with van der Waals surface area (Å²) in [6.07, 6.45) is 3.89. The molecule has 1 nitrogen and oxygen atoms in total. The Balaban J connectivity index is 2.77. The van der Waals surface area contributed by atoms with Gasteiger partial charge in [-0.15, -0.1) is 0 Å². The van der Waals surface area contributed by atoms with Crippen molar-refractivity contribution in [3.63, 3.8) is 0 Å². The van der Waals surface area contributed by atoms with Crippen LogP contribution in [0.4, 0.5) is 0 Å². The second kappa shape index (κ2) is 8.02. The topological polar surface area (TPSA) is 20.2 Å². The fourth-order valence-corrected chi connectivity index (χ4v) is 2.19. The fraction of sp³-hybridized carbons (Fsp3) is 0.556. The molecule has 0 aliphatic heterocycles. The van der Waals surface area contributed by atoms with Crippen molar-refractivity contribution < 1.29 is 5.11 Å². The molecule has 19 heavy (non-hydrogen) atoms. The van der Waals surface area contributed by atoms with Crippen molar-refractivity contribution in [3.05, 3.63) is 34.9 Å². The molecule has 0 bridgehead atoms. The highest BCUT2D eigenvalue weighted by Gasteiger charge is 2.14.